The van der Waals surface area contributed by atoms with E-state index in [1.807, 2.05) is 39.9 Å². The fourth-order valence-corrected chi connectivity index (χ4v) is 3.97. The number of morpholine rings is 1. The van der Waals surface area contributed by atoms with Crippen LogP contribution in [0, 0.1) is 5.92 Å². The van der Waals surface area contributed by atoms with E-state index in [0.29, 0.717) is 32.8 Å². The third-order valence-electron chi connectivity index (χ3n) is 5.55. The summed E-state index contributed by atoms with van der Waals surface area (Å²) < 4.78 is 7.25. The molecule has 1 aliphatic carbocycles. The number of hydrogen-bond acceptors (Lipinski definition) is 4. The van der Waals surface area contributed by atoms with Gasteiger partial charge < -0.3 is 25.3 Å². The van der Waals surface area contributed by atoms with Crippen LogP contribution in [0.4, 0.5) is 5.69 Å². The van der Waals surface area contributed by atoms with Gasteiger partial charge in [-0.3, -0.25) is 9.59 Å². The molecule has 1 aliphatic heterocycles. The SMILES string of the molecule is NC1CCC(C(=O)Nc2ccc3c(ccn3CC(=O)N3CCOCC3)c2)C1. The molecule has 144 valence electrons. The van der Waals surface area contributed by atoms with Gasteiger partial charge in [-0.05, 0) is 43.5 Å². The van der Waals surface area contributed by atoms with Gasteiger partial charge in [0.2, 0.25) is 11.8 Å². The van der Waals surface area contributed by atoms with Crippen molar-refractivity contribution in [3.8, 4) is 0 Å². The highest BCUT2D eigenvalue weighted by Gasteiger charge is 2.27. The van der Waals surface area contributed by atoms with Crippen LogP contribution in [0.2, 0.25) is 0 Å². The molecule has 4 rings (SSSR count). The van der Waals surface area contributed by atoms with E-state index < -0.39 is 0 Å². The van der Waals surface area contributed by atoms with Crippen LogP contribution in [-0.2, 0) is 20.9 Å². The summed E-state index contributed by atoms with van der Waals surface area (Å²) in [6.45, 7) is 2.83. The van der Waals surface area contributed by atoms with E-state index in [1.54, 1.807) is 0 Å². The highest BCUT2D eigenvalue weighted by Crippen LogP contribution is 2.26. The van der Waals surface area contributed by atoms with Crippen LogP contribution < -0.4 is 11.1 Å². The summed E-state index contributed by atoms with van der Waals surface area (Å²) in [5.41, 5.74) is 7.67. The van der Waals surface area contributed by atoms with Crippen molar-refractivity contribution in [1.82, 2.24) is 9.47 Å². The standard InChI is InChI=1S/C20H26N4O3/c21-16-2-1-15(11-16)20(26)22-17-3-4-18-14(12-17)5-6-24(18)13-19(25)23-7-9-27-10-8-23/h3-6,12,15-16H,1-2,7-11,13,21H2,(H,22,26). The van der Waals surface area contributed by atoms with E-state index in [1.165, 1.54) is 0 Å². The number of aromatic nitrogens is 1. The highest BCUT2D eigenvalue weighted by atomic mass is 16.5. The molecule has 7 heteroatoms. The van der Waals surface area contributed by atoms with Gasteiger partial charge in [0.15, 0.2) is 0 Å². The lowest BCUT2D eigenvalue weighted by Crippen LogP contribution is -2.42. The molecule has 0 bridgehead atoms. The van der Waals surface area contributed by atoms with E-state index >= 15 is 0 Å². The Morgan fingerprint density at radius 3 is 2.74 bits per heavy atom. The van der Waals surface area contributed by atoms with Crippen molar-refractivity contribution in [2.45, 2.75) is 31.8 Å². The molecule has 2 aliphatic rings. The topological polar surface area (TPSA) is 89.6 Å². The lowest BCUT2D eigenvalue weighted by Gasteiger charge is -2.27. The Kier molecular flexibility index (Phi) is 5.13. The largest absolute Gasteiger partial charge is 0.378 e. The summed E-state index contributed by atoms with van der Waals surface area (Å²) in [4.78, 5) is 26.7. The Labute approximate surface area is 158 Å². The van der Waals surface area contributed by atoms with Crippen molar-refractivity contribution in [1.29, 1.82) is 0 Å². The van der Waals surface area contributed by atoms with Crippen molar-refractivity contribution in [2.24, 2.45) is 11.7 Å². The van der Waals surface area contributed by atoms with Gasteiger partial charge in [-0.25, -0.2) is 0 Å². The van der Waals surface area contributed by atoms with Gasteiger partial charge in [-0.2, -0.15) is 0 Å². The molecule has 1 saturated heterocycles. The van der Waals surface area contributed by atoms with Crippen LogP contribution in [-0.4, -0.2) is 53.6 Å². The number of nitrogens with one attached hydrogen (secondary N) is 1. The number of hydrogen-bond donors (Lipinski definition) is 2. The Morgan fingerprint density at radius 1 is 1.19 bits per heavy atom. The van der Waals surface area contributed by atoms with Gasteiger partial charge in [0.25, 0.3) is 0 Å². The smallest absolute Gasteiger partial charge is 0.242 e. The van der Waals surface area contributed by atoms with Gasteiger partial charge in [0, 0.05) is 47.8 Å². The van der Waals surface area contributed by atoms with Crippen LogP contribution in [0.5, 0.6) is 0 Å². The normalized spacial score (nSPS) is 22.9. The number of anilines is 1. The van der Waals surface area contributed by atoms with E-state index in [0.717, 1.165) is 35.9 Å². The summed E-state index contributed by atoms with van der Waals surface area (Å²) in [6.07, 6.45) is 4.45. The van der Waals surface area contributed by atoms with E-state index in [-0.39, 0.29) is 23.8 Å². The molecular formula is C20H26N4O3. The summed E-state index contributed by atoms with van der Waals surface area (Å²) in [5, 5.41) is 4.01. The second-order valence-corrected chi connectivity index (χ2v) is 7.47. The molecule has 0 radical (unpaired) electrons. The first-order valence-electron chi connectivity index (χ1n) is 9.61. The number of nitrogens with zero attached hydrogens (tertiary/aromatic N) is 2. The van der Waals surface area contributed by atoms with Crippen molar-refractivity contribution >= 4 is 28.4 Å². The third-order valence-corrected chi connectivity index (χ3v) is 5.55. The molecule has 1 saturated carbocycles. The van der Waals surface area contributed by atoms with Gasteiger partial charge in [-0.1, -0.05) is 0 Å². The number of carbonyl (C=O) groups is 2. The molecular weight excluding hydrogens is 344 g/mol. The van der Waals surface area contributed by atoms with Gasteiger partial charge in [0.1, 0.15) is 6.54 Å². The van der Waals surface area contributed by atoms with Crippen LogP contribution in [0.25, 0.3) is 10.9 Å². The van der Waals surface area contributed by atoms with Crippen LogP contribution in [0.15, 0.2) is 30.5 Å². The average molecular weight is 370 g/mol. The first kappa shape index (κ1) is 18.0. The minimum atomic E-state index is 0.00596. The van der Waals surface area contributed by atoms with E-state index in [2.05, 4.69) is 5.32 Å². The zero-order valence-electron chi connectivity index (χ0n) is 15.4. The first-order valence-corrected chi connectivity index (χ1v) is 9.61. The second kappa shape index (κ2) is 7.70. The number of rotatable bonds is 4. The number of carbonyl (C=O) groups excluding carboxylic acids is 2. The molecule has 0 spiro atoms. The molecule has 2 amide bonds. The van der Waals surface area contributed by atoms with Gasteiger partial charge in [0.05, 0.1) is 13.2 Å². The summed E-state index contributed by atoms with van der Waals surface area (Å²) in [7, 11) is 0. The summed E-state index contributed by atoms with van der Waals surface area (Å²) in [5.74, 6) is 0.154. The zero-order valence-corrected chi connectivity index (χ0v) is 15.4. The minimum absolute atomic E-state index is 0.00596. The van der Waals surface area contributed by atoms with Gasteiger partial charge >= 0.3 is 0 Å². The average Bonchev–Trinajstić information content (AvgIpc) is 3.29. The number of benzene rings is 1. The Morgan fingerprint density at radius 2 is 2.00 bits per heavy atom. The Balaban J connectivity index is 1.43. The molecule has 2 unspecified atom stereocenters. The lowest BCUT2D eigenvalue weighted by atomic mass is 10.1. The lowest BCUT2D eigenvalue weighted by molar-refractivity contribution is -0.135. The van der Waals surface area contributed by atoms with Crippen LogP contribution in [0.3, 0.4) is 0 Å². The first-order chi connectivity index (χ1) is 13.1. The second-order valence-electron chi connectivity index (χ2n) is 7.47. The van der Waals surface area contributed by atoms with E-state index in [9.17, 15) is 9.59 Å². The molecule has 2 heterocycles. The van der Waals surface area contributed by atoms with Crippen molar-refractivity contribution in [3.63, 3.8) is 0 Å². The summed E-state index contributed by atoms with van der Waals surface area (Å²) in [6, 6.07) is 7.92. The number of fused-ring (bicyclic) bond motifs is 1. The minimum Gasteiger partial charge on any atom is -0.378 e. The van der Waals surface area contributed by atoms with Gasteiger partial charge in [-0.15, -0.1) is 0 Å². The quantitative estimate of drug-likeness (QED) is 0.855. The highest BCUT2D eigenvalue weighted by molar-refractivity contribution is 5.95. The molecule has 2 fully saturated rings. The molecule has 1 aromatic heterocycles. The maximum absolute atomic E-state index is 12.5. The molecule has 1 aromatic carbocycles. The molecule has 27 heavy (non-hydrogen) atoms. The predicted molar refractivity (Wildman–Crippen MR) is 103 cm³/mol. The maximum Gasteiger partial charge on any atom is 0.242 e. The van der Waals surface area contributed by atoms with Crippen molar-refractivity contribution in [2.75, 3.05) is 31.6 Å². The fraction of sp³-hybridized carbons (Fsp3) is 0.500. The number of nitrogens with two attached hydrogens (primary N) is 1. The molecule has 2 aromatic rings. The van der Waals surface area contributed by atoms with Crippen molar-refractivity contribution < 1.29 is 14.3 Å². The number of amides is 2. The fourth-order valence-electron chi connectivity index (χ4n) is 3.97. The van der Waals surface area contributed by atoms with Crippen molar-refractivity contribution in [3.05, 3.63) is 30.5 Å². The number of ether oxygens (including phenoxy) is 1. The van der Waals surface area contributed by atoms with Crippen LogP contribution in [0.1, 0.15) is 19.3 Å². The third kappa shape index (κ3) is 3.99. The zero-order chi connectivity index (χ0) is 18.8. The molecule has 7 nitrogen and oxygen atoms in total. The van der Waals surface area contributed by atoms with Crippen LogP contribution >= 0.6 is 0 Å². The maximum atomic E-state index is 12.5. The predicted octanol–water partition coefficient (Wildman–Crippen LogP) is 1.57. The Bertz CT molecular complexity index is 841. The Hall–Kier alpha value is -2.38. The molecule has 3 N–H and O–H groups in total. The monoisotopic (exact) mass is 370 g/mol. The molecule has 2 atom stereocenters. The summed E-state index contributed by atoms with van der Waals surface area (Å²) >= 11 is 0. The van der Waals surface area contributed by atoms with E-state index in [4.69, 9.17) is 10.5 Å².